The SMILES string of the molecule is Cc1ccc([N+](=O)[O-])c(=O)n1CC(=O)Nc1ccc2c(c1)OCO2. The first kappa shape index (κ1) is 15.5. The van der Waals surface area contributed by atoms with Crippen molar-refractivity contribution < 1.29 is 19.2 Å². The Bertz CT molecular complexity index is 889. The van der Waals surface area contributed by atoms with Gasteiger partial charge >= 0.3 is 11.2 Å². The van der Waals surface area contributed by atoms with Gasteiger partial charge in [-0.05, 0) is 25.1 Å². The maximum Gasteiger partial charge on any atom is 0.334 e. The Morgan fingerprint density at radius 2 is 2.04 bits per heavy atom. The van der Waals surface area contributed by atoms with E-state index >= 15 is 0 Å². The van der Waals surface area contributed by atoms with E-state index in [1.165, 1.54) is 6.07 Å². The molecule has 0 radical (unpaired) electrons. The van der Waals surface area contributed by atoms with E-state index in [-0.39, 0.29) is 13.3 Å². The van der Waals surface area contributed by atoms with E-state index in [0.717, 1.165) is 10.6 Å². The van der Waals surface area contributed by atoms with Crippen molar-refractivity contribution in [2.75, 3.05) is 12.1 Å². The first-order chi connectivity index (χ1) is 11.5. The summed E-state index contributed by atoms with van der Waals surface area (Å²) in [6, 6.07) is 7.44. The summed E-state index contributed by atoms with van der Waals surface area (Å²) < 4.78 is 11.4. The standard InChI is InChI=1S/C15H13N3O6/c1-9-2-4-11(18(21)22)15(20)17(9)7-14(19)16-10-3-5-12-13(6-10)24-8-23-12/h2-6H,7-8H2,1H3,(H,16,19). The predicted molar refractivity (Wildman–Crippen MR) is 83.3 cm³/mol. The Morgan fingerprint density at radius 1 is 1.29 bits per heavy atom. The Balaban J connectivity index is 1.79. The second-order valence-corrected chi connectivity index (χ2v) is 5.12. The van der Waals surface area contributed by atoms with Crippen LogP contribution in [0.3, 0.4) is 0 Å². The molecule has 1 amide bonds. The smallest absolute Gasteiger partial charge is 0.334 e. The molecule has 0 saturated heterocycles. The van der Waals surface area contributed by atoms with E-state index in [2.05, 4.69) is 5.32 Å². The number of rotatable bonds is 4. The average molecular weight is 331 g/mol. The van der Waals surface area contributed by atoms with Gasteiger partial charge in [-0.2, -0.15) is 0 Å². The zero-order valence-electron chi connectivity index (χ0n) is 12.6. The molecule has 0 aliphatic carbocycles. The Labute approximate surface area is 135 Å². The van der Waals surface area contributed by atoms with Gasteiger partial charge in [-0.1, -0.05) is 0 Å². The molecule has 1 aliphatic rings. The van der Waals surface area contributed by atoms with Crippen LogP contribution >= 0.6 is 0 Å². The molecule has 1 N–H and O–H groups in total. The molecule has 0 bridgehead atoms. The molecular weight excluding hydrogens is 318 g/mol. The molecule has 3 rings (SSSR count). The van der Waals surface area contributed by atoms with Crippen molar-refractivity contribution in [3.63, 3.8) is 0 Å². The van der Waals surface area contributed by atoms with Crippen LogP contribution in [0.4, 0.5) is 11.4 Å². The largest absolute Gasteiger partial charge is 0.454 e. The highest BCUT2D eigenvalue weighted by atomic mass is 16.7. The van der Waals surface area contributed by atoms with Crippen LogP contribution in [0.5, 0.6) is 11.5 Å². The van der Waals surface area contributed by atoms with Crippen LogP contribution in [0.15, 0.2) is 35.1 Å². The molecule has 0 unspecified atom stereocenters. The molecule has 0 fully saturated rings. The maximum atomic E-state index is 12.2. The number of pyridine rings is 1. The number of aryl methyl sites for hydroxylation is 1. The topological polar surface area (TPSA) is 113 Å². The van der Waals surface area contributed by atoms with Crippen LogP contribution < -0.4 is 20.3 Å². The third kappa shape index (κ3) is 2.91. The first-order valence-corrected chi connectivity index (χ1v) is 7.00. The van der Waals surface area contributed by atoms with Gasteiger partial charge in [0, 0.05) is 23.5 Å². The van der Waals surface area contributed by atoms with Gasteiger partial charge in [-0.15, -0.1) is 0 Å². The lowest BCUT2D eigenvalue weighted by atomic mass is 10.2. The van der Waals surface area contributed by atoms with Crippen molar-refractivity contribution in [1.82, 2.24) is 4.57 Å². The van der Waals surface area contributed by atoms with Crippen molar-refractivity contribution in [2.24, 2.45) is 0 Å². The molecule has 2 heterocycles. The van der Waals surface area contributed by atoms with Gasteiger partial charge in [0.1, 0.15) is 6.54 Å². The summed E-state index contributed by atoms with van der Waals surface area (Å²) in [6.45, 7) is 1.38. The number of ether oxygens (including phenoxy) is 2. The fraction of sp³-hybridized carbons (Fsp3) is 0.200. The number of aromatic nitrogens is 1. The normalized spacial score (nSPS) is 12.0. The summed E-state index contributed by atoms with van der Waals surface area (Å²) in [4.78, 5) is 34.3. The summed E-state index contributed by atoms with van der Waals surface area (Å²) in [5.74, 6) is 0.606. The van der Waals surface area contributed by atoms with Crippen LogP contribution in [0.2, 0.25) is 0 Å². The molecule has 124 valence electrons. The van der Waals surface area contributed by atoms with Crippen molar-refractivity contribution in [2.45, 2.75) is 13.5 Å². The van der Waals surface area contributed by atoms with Gasteiger partial charge in [-0.25, -0.2) is 0 Å². The van der Waals surface area contributed by atoms with E-state index in [0.29, 0.717) is 22.9 Å². The monoisotopic (exact) mass is 331 g/mol. The lowest BCUT2D eigenvalue weighted by Crippen LogP contribution is -2.30. The summed E-state index contributed by atoms with van der Waals surface area (Å²) in [6.07, 6.45) is 0. The summed E-state index contributed by atoms with van der Waals surface area (Å²) in [7, 11) is 0. The van der Waals surface area contributed by atoms with E-state index in [9.17, 15) is 19.7 Å². The van der Waals surface area contributed by atoms with E-state index in [1.807, 2.05) is 0 Å². The minimum Gasteiger partial charge on any atom is -0.454 e. The molecule has 1 aliphatic heterocycles. The van der Waals surface area contributed by atoms with Crippen LogP contribution in [-0.2, 0) is 11.3 Å². The molecule has 24 heavy (non-hydrogen) atoms. The third-order valence-corrected chi connectivity index (χ3v) is 3.53. The highest BCUT2D eigenvalue weighted by molar-refractivity contribution is 5.91. The zero-order chi connectivity index (χ0) is 17.3. The van der Waals surface area contributed by atoms with Gasteiger partial charge in [0.2, 0.25) is 12.7 Å². The number of carbonyl (C=O) groups is 1. The summed E-state index contributed by atoms with van der Waals surface area (Å²) >= 11 is 0. The number of benzene rings is 1. The average Bonchev–Trinajstić information content (AvgIpc) is 2.98. The number of fused-ring (bicyclic) bond motifs is 1. The first-order valence-electron chi connectivity index (χ1n) is 7.00. The minimum atomic E-state index is -0.819. The Kier molecular flexibility index (Phi) is 3.90. The van der Waals surface area contributed by atoms with Crippen LogP contribution in [0.25, 0.3) is 0 Å². The van der Waals surface area contributed by atoms with Crippen LogP contribution in [-0.4, -0.2) is 22.2 Å². The second kappa shape index (κ2) is 6.03. The van der Waals surface area contributed by atoms with Crippen LogP contribution in [0.1, 0.15) is 5.69 Å². The molecule has 1 aromatic carbocycles. The van der Waals surface area contributed by atoms with E-state index in [4.69, 9.17) is 9.47 Å². The zero-order valence-corrected chi connectivity index (χ0v) is 12.6. The van der Waals surface area contributed by atoms with E-state index in [1.54, 1.807) is 25.1 Å². The van der Waals surface area contributed by atoms with Gasteiger partial charge in [0.25, 0.3) is 0 Å². The number of hydrogen-bond donors (Lipinski definition) is 1. The number of nitrogens with one attached hydrogen (secondary N) is 1. The number of anilines is 1. The maximum absolute atomic E-state index is 12.2. The number of nitrogens with zero attached hydrogens (tertiary/aromatic N) is 2. The fourth-order valence-electron chi connectivity index (χ4n) is 2.31. The predicted octanol–water partition coefficient (Wildman–Crippen LogP) is 1.43. The molecule has 2 aromatic rings. The Hall–Kier alpha value is -3.36. The molecule has 9 nitrogen and oxygen atoms in total. The number of carbonyl (C=O) groups excluding carboxylic acids is 1. The molecule has 0 spiro atoms. The van der Waals surface area contributed by atoms with Crippen molar-refractivity contribution in [3.05, 3.63) is 56.5 Å². The van der Waals surface area contributed by atoms with Crippen LogP contribution in [0, 0.1) is 17.0 Å². The second-order valence-electron chi connectivity index (χ2n) is 5.12. The molecule has 9 heteroatoms. The number of amides is 1. The third-order valence-electron chi connectivity index (χ3n) is 3.53. The van der Waals surface area contributed by atoms with Crippen molar-refractivity contribution in [1.29, 1.82) is 0 Å². The van der Waals surface area contributed by atoms with Gasteiger partial charge < -0.3 is 14.8 Å². The molecular formula is C15H13N3O6. The fourth-order valence-corrected chi connectivity index (χ4v) is 2.31. The van der Waals surface area contributed by atoms with Gasteiger partial charge in [-0.3, -0.25) is 24.3 Å². The summed E-state index contributed by atoms with van der Waals surface area (Å²) in [5, 5.41) is 13.5. The Morgan fingerprint density at radius 3 is 2.79 bits per heavy atom. The van der Waals surface area contributed by atoms with E-state index < -0.39 is 22.1 Å². The quantitative estimate of drug-likeness (QED) is 0.670. The molecule has 1 aromatic heterocycles. The van der Waals surface area contributed by atoms with Crippen molar-refractivity contribution >= 4 is 17.3 Å². The van der Waals surface area contributed by atoms with Gasteiger partial charge in [0.05, 0.1) is 4.92 Å². The number of nitro groups is 1. The summed E-state index contributed by atoms with van der Waals surface area (Å²) in [5.41, 5.74) is -0.468. The lowest BCUT2D eigenvalue weighted by Gasteiger charge is -2.10. The molecule has 0 saturated carbocycles. The number of hydrogen-bond acceptors (Lipinski definition) is 6. The lowest BCUT2D eigenvalue weighted by molar-refractivity contribution is -0.386. The molecule has 0 atom stereocenters. The highest BCUT2D eigenvalue weighted by Crippen LogP contribution is 2.34. The van der Waals surface area contributed by atoms with Crippen molar-refractivity contribution in [3.8, 4) is 11.5 Å². The highest BCUT2D eigenvalue weighted by Gasteiger charge is 2.18. The van der Waals surface area contributed by atoms with Gasteiger partial charge in [0.15, 0.2) is 11.5 Å². The minimum absolute atomic E-state index is 0.120.